The lowest BCUT2D eigenvalue weighted by molar-refractivity contribution is 0.631. The van der Waals surface area contributed by atoms with Crippen molar-refractivity contribution in [1.29, 1.82) is 0 Å². The second-order valence-corrected chi connectivity index (χ2v) is 5.73. The highest BCUT2D eigenvalue weighted by Gasteiger charge is 2.21. The highest BCUT2D eigenvalue weighted by atomic mass is 32.1. The molecule has 1 aromatic carbocycles. The van der Waals surface area contributed by atoms with E-state index >= 15 is 0 Å². The van der Waals surface area contributed by atoms with Crippen LogP contribution in [0.3, 0.4) is 0 Å². The van der Waals surface area contributed by atoms with Crippen molar-refractivity contribution >= 4 is 11.3 Å². The van der Waals surface area contributed by atoms with Crippen LogP contribution in [0.15, 0.2) is 29.6 Å². The van der Waals surface area contributed by atoms with Crippen molar-refractivity contribution in [3.8, 4) is 10.4 Å². The molecule has 0 bridgehead atoms. The van der Waals surface area contributed by atoms with Crippen molar-refractivity contribution in [2.24, 2.45) is 0 Å². The van der Waals surface area contributed by atoms with E-state index < -0.39 is 0 Å². The Morgan fingerprint density at radius 1 is 1.33 bits per heavy atom. The van der Waals surface area contributed by atoms with Crippen molar-refractivity contribution in [1.82, 2.24) is 5.32 Å². The van der Waals surface area contributed by atoms with Crippen LogP contribution in [0, 0.1) is 12.7 Å². The highest BCUT2D eigenvalue weighted by Crippen LogP contribution is 2.34. The number of nitrogens with one attached hydrogen (secondary N) is 1. The van der Waals surface area contributed by atoms with E-state index in [1.165, 1.54) is 30.0 Å². The molecule has 1 N–H and O–H groups in total. The molecule has 0 aliphatic heterocycles. The van der Waals surface area contributed by atoms with Gasteiger partial charge in [0.05, 0.1) is 0 Å². The Bertz CT molecular complexity index is 557. The number of rotatable bonds is 4. The molecule has 1 heterocycles. The molecule has 94 valence electrons. The molecule has 0 saturated heterocycles. The second kappa shape index (κ2) is 4.82. The second-order valence-electron chi connectivity index (χ2n) is 4.85. The molecule has 0 atom stereocenters. The third-order valence-corrected chi connectivity index (χ3v) is 4.58. The molecule has 0 amide bonds. The summed E-state index contributed by atoms with van der Waals surface area (Å²) in [7, 11) is 0. The quantitative estimate of drug-likeness (QED) is 0.873. The summed E-state index contributed by atoms with van der Waals surface area (Å²) in [5.74, 6) is -0.135. The van der Waals surface area contributed by atoms with Crippen LogP contribution in [0.5, 0.6) is 0 Å². The maximum absolute atomic E-state index is 13.8. The first-order valence-corrected chi connectivity index (χ1v) is 7.19. The number of hydrogen-bond acceptors (Lipinski definition) is 2. The third kappa shape index (κ3) is 2.33. The summed E-state index contributed by atoms with van der Waals surface area (Å²) in [6.45, 7) is 2.99. The smallest absolute Gasteiger partial charge is 0.131 e. The Kier molecular flexibility index (Phi) is 3.18. The number of hydrogen-bond donors (Lipinski definition) is 1. The Morgan fingerprint density at radius 3 is 2.83 bits per heavy atom. The van der Waals surface area contributed by atoms with Crippen LogP contribution in [0.4, 0.5) is 4.39 Å². The number of halogens is 1. The fourth-order valence-corrected chi connectivity index (χ4v) is 3.20. The van der Waals surface area contributed by atoms with Crippen molar-refractivity contribution in [2.45, 2.75) is 32.4 Å². The summed E-state index contributed by atoms with van der Waals surface area (Å²) >= 11 is 1.64. The normalized spacial score (nSPS) is 15.0. The molecule has 1 aromatic heterocycles. The summed E-state index contributed by atoms with van der Waals surface area (Å²) in [5.41, 5.74) is 3.22. The van der Waals surface area contributed by atoms with E-state index in [1.54, 1.807) is 17.4 Å². The molecule has 1 saturated carbocycles. The van der Waals surface area contributed by atoms with Crippen LogP contribution in [0.1, 0.15) is 24.0 Å². The summed E-state index contributed by atoms with van der Waals surface area (Å²) < 4.78 is 13.8. The van der Waals surface area contributed by atoms with Gasteiger partial charge in [0.25, 0.3) is 0 Å². The molecule has 1 aliphatic carbocycles. The average Bonchev–Trinajstić information content (AvgIpc) is 3.13. The molecule has 0 spiro atoms. The summed E-state index contributed by atoms with van der Waals surface area (Å²) in [6.07, 6.45) is 2.59. The van der Waals surface area contributed by atoms with Crippen LogP contribution < -0.4 is 5.32 Å². The van der Waals surface area contributed by atoms with Gasteiger partial charge in [0.15, 0.2) is 0 Å². The van der Waals surface area contributed by atoms with Gasteiger partial charge in [-0.2, -0.15) is 0 Å². The van der Waals surface area contributed by atoms with Gasteiger partial charge in [-0.15, -0.1) is 11.3 Å². The summed E-state index contributed by atoms with van der Waals surface area (Å²) in [6, 6.07) is 7.71. The molecule has 1 aliphatic rings. The Hall–Kier alpha value is -1.19. The van der Waals surface area contributed by atoms with E-state index in [-0.39, 0.29) is 5.82 Å². The lowest BCUT2D eigenvalue weighted by atomic mass is 10.1. The van der Waals surface area contributed by atoms with E-state index in [9.17, 15) is 4.39 Å². The van der Waals surface area contributed by atoms with E-state index in [0.717, 1.165) is 17.0 Å². The highest BCUT2D eigenvalue weighted by molar-refractivity contribution is 7.14. The molecule has 1 fully saturated rings. The monoisotopic (exact) mass is 261 g/mol. The van der Waals surface area contributed by atoms with Crippen molar-refractivity contribution < 1.29 is 4.39 Å². The molecule has 0 unspecified atom stereocenters. The van der Waals surface area contributed by atoms with Crippen molar-refractivity contribution in [2.75, 3.05) is 0 Å². The fraction of sp³-hybridized carbons (Fsp3) is 0.333. The van der Waals surface area contributed by atoms with Gasteiger partial charge in [-0.25, -0.2) is 4.39 Å². The van der Waals surface area contributed by atoms with Gasteiger partial charge >= 0.3 is 0 Å². The van der Waals surface area contributed by atoms with Gasteiger partial charge in [0, 0.05) is 23.0 Å². The lowest BCUT2D eigenvalue weighted by Gasteiger charge is -2.05. The zero-order valence-electron chi connectivity index (χ0n) is 10.4. The van der Waals surface area contributed by atoms with Crippen LogP contribution in [-0.4, -0.2) is 6.04 Å². The Morgan fingerprint density at radius 2 is 2.11 bits per heavy atom. The van der Waals surface area contributed by atoms with Gasteiger partial charge in [-0.3, -0.25) is 0 Å². The van der Waals surface area contributed by atoms with Gasteiger partial charge < -0.3 is 5.32 Å². The number of benzene rings is 1. The minimum Gasteiger partial charge on any atom is -0.310 e. The lowest BCUT2D eigenvalue weighted by Crippen LogP contribution is -2.15. The predicted octanol–water partition coefficient (Wildman–Crippen LogP) is 4.11. The van der Waals surface area contributed by atoms with E-state index in [0.29, 0.717) is 6.04 Å². The first-order valence-electron chi connectivity index (χ1n) is 6.31. The topological polar surface area (TPSA) is 12.0 Å². The first-order chi connectivity index (χ1) is 8.75. The van der Waals surface area contributed by atoms with E-state index in [1.807, 2.05) is 12.1 Å². The molecule has 3 heteroatoms. The first kappa shape index (κ1) is 11.9. The molecular weight excluding hydrogens is 245 g/mol. The molecule has 2 aromatic rings. The molecule has 18 heavy (non-hydrogen) atoms. The van der Waals surface area contributed by atoms with Crippen LogP contribution in [-0.2, 0) is 6.54 Å². The minimum absolute atomic E-state index is 0.135. The number of thiophene rings is 1. The Labute approximate surface area is 111 Å². The maximum atomic E-state index is 13.8. The average molecular weight is 261 g/mol. The van der Waals surface area contributed by atoms with Gasteiger partial charge in [0.2, 0.25) is 0 Å². The minimum atomic E-state index is -0.135. The summed E-state index contributed by atoms with van der Waals surface area (Å²) in [5, 5.41) is 5.65. The van der Waals surface area contributed by atoms with Gasteiger partial charge in [0.1, 0.15) is 5.82 Å². The maximum Gasteiger partial charge on any atom is 0.131 e. The molecule has 1 nitrogen and oxygen atoms in total. The summed E-state index contributed by atoms with van der Waals surface area (Å²) in [4.78, 5) is 1.06. The van der Waals surface area contributed by atoms with Gasteiger partial charge in [-0.1, -0.05) is 18.2 Å². The van der Waals surface area contributed by atoms with Crippen molar-refractivity contribution in [3.63, 3.8) is 0 Å². The zero-order valence-corrected chi connectivity index (χ0v) is 11.2. The largest absolute Gasteiger partial charge is 0.310 e. The van der Waals surface area contributed by atoms with Crippen LogP contribution >= 0.6 is 11.3 Å². The fourth-order valence-electron chi connectivity index (χ4n) is 2.08. The van der Waals surface area contributed by atoms with Crippen molar-refractivity contribution in [3.05, 3.63) is 46.6 Å². The third-order valence-electron chi connectivity index (χ3n) is 3.42. The van der Waals surface area contributed by atoms with Crippen LogP contribution in [0.25, 0.3) is 10.4 Å². The van der Waals surface area contributed by atoms with E-state index in [4.69, 9.17) is 0 Å². The molecular formula is C15H16FNS. The zero-order chi connectivity index (χ0) is 12.5. The predicted molar refractivity (Wildman–Crippen MR) is 74.3 cm³/mol. The molecule has 3 rings (SSSR count). The standard InChI is InChI=1S/C15H16FNS/c1-10-11(8-17-12-6-7-12)9-18-15(10)13-4-2-3-5-14(13)16/h2-5,9,12,17H,6-8H2,1H3. The SMILES string of the molecule is Cc1c(CNC2CC2)csc1-c1ccccc1F. The van der Waals surface area contributed by atoms with Crippen LogP contribution in [0.2, 0.25) is 0 Å². The Balaban J connectivity index is 1.86. The molecule has 0 radical (unpaired) electrons. The van der Waals surface area contributed by atoms with Gasteiger partial charge in [-0.05, 0) is 42.3 Å². The van der Waals surface area contributed by atoms with E-state index in [2.05, 4.69) is 17.6 Å².